The fourth-order valence-electron chi connectivity index (χ4n) is 4.98. The molecule has 1 saturated carbocycles. The van der Waals surface area contributed by atoms with Crippen LogP contribution in [0.15, 0.2) is 0 Å². The van der Waals surface area contributed by atoms with E-state index in [1.165, 1.54) is 0 Å². The highest BCUT2D eigenvalue weighted by Crippen LogP contribution is 2.41. The second-order valence-corrected chi connectivity index (χ2v) is 12.5. The Hall–Kier alpha value is -2.40. The topological polar surface area (TPSA) is 138 Å². The molecule has 2 unspecified atom stereocenters. The number of nitrogens with one attached hydrogen (secondary N) is 2. The Morgan fingerprint density at radius 2 is 1.48 bits per heavy atom. The van der Waals surface area contributed by atoms with Gasteiger partial charge in [0.2, 0.25) is 0 Å². The second kappa shape index (κ2) is 19.0. The first-order valence-electron chi connectivity index (χ1n) is 15.5. The van der Waals surface area contributed by atoms with Crippen LogP contribution >= 0.6 is 0 Å². The van der Waals surface area contributed by atoms with Gasteiger partial charge in [0.05, 0.1) is 18.2 Å². The van der Waals surface area contributed by atoms with Crippen molar-refractivity contribution in [3.05, 3.63) is 0 Å². The maximum atomic E-state index is 13.4. The summed E-state index contributed by atoms with van der Waals surface area (Å²) >= 11 is 0. The molecule has 0 heterocycles. The van der Waals surface area contributed by atoms with Crippen LogP contribution in [0, 0.1) is 5.41 Å². The molecule has 0 saturated heterocycles. The lowest BCUT2D eigenvalue weighted by atomic mass is 9.66. The average Bonchev–Trinajstić information content (AvgIpc) is 2.91. The highest BCUT2D eigenvalue weighted by atomic mass is 16.6. The number of esters is 2. The number of carbonyl (C=O) groups is 4. The number of ether oxygens (including phenoxy) is 5. The fourth-order valence-corrected chi connectivity index (χ4v) is 4.98. The Morgan fingerprint density at radius 1 is 0.810 bits per heavy atom. The third kappa shape index (κ3) is 15.2. The number of alkyl carbamates (subject to hydrolysis) is 1. The quantitative estimate of drug-likeness (QED) is 0.114. The Morgan fingerprint density at radius 3 is 2.14 bits per heavy atom. The summed E-state index contributed by atoms with van der Waals surface area (Å²) in [5.74, 6) is -0.908. The molecule has 0 bridgehead atoms. The maximum absolute atomic E-state index is 13.4. The number of carbonyl (C=O) groups excluding carboxylic acids is 4. The third-order valence-corrected chi connectivity index (χ3v) is 7.45. The molecule has 2 amide bonds. The first kappa shape index (κ1) is 37.6. The van der Waals surface area contributed by atoms with Crippen LogP contribution < -0.4 is 10.6 Å². The first-order valence-corrected chi connectivity index (χ1v) is 15.5. The van der Waals surface area contributed by atoms with Crippen molar-refractivity contribution in [3.8, 4) is 0 Å². The molecule has 0 aromatic carbocycles. The minimum atomic E-state index is -1.08. The number of unbranched alkanes of at least 4 members (excludes halogenated alkanes) is 3. The van der Waals surface area contributed by atoms with E-state index < -0.39 is 17.2 Å². The molecule has 0 aromatic heterocycles. The Balaban J connectivity index is 2.48. The van der Waals surface area contributed by atoms with Crippen LogP contribution in [0.25, 0.3) is 0 Å². The van der Waals surface area contributed by atoms with E-state index >= 15 is 0 Å². The number of hydrogen-bond donors (Lipinski definition) is 2. The van der Waals surface area contributed by atoms with Crippen molar-refractivity contribution in [2.75, 3.05) is 39.6 Å². The van der Waals surface area contributed by atoms with Crippen molar-refractivity contribution in [2.45, 2.75) is 130 Å². The zero-order chi connectivity index (χ0) is 31.7. The lowest BCUT2D eigenvalue weighted by Gasteiger charge is -2.49. The minimum Gasteiger partial charge on any atom is -0.462 e. The molecule has 1 fully saturated rings. The van der Waals surface area contributed by atoms with Gasteiger partial charge in [0.15, 0.2) is 0 Å². The van der Waals surface area contributed by atoms with Crippen molar-refractivity contribution in [1.29, 1.82) is 0 Å². The van der Waals surface area contributed by atoms with E-state index in [9.17, 15) is 19.2 Å². The van der Waals surface area contributed by atoms with Crippen LogP contribution in [0.4, 0.5) is 4.79 Å². The fraction of sp³-hybridized carbons (Fsp3) is 0.871. The maximum Gasteiger partial charge on any atom is 0.407 e. The van der Waals surface area contributed by atoms with Crippen molar-refractivity contribution in [3.63, 3.8) is 0 Å². The smallest absolute Gasteiger partial charge is 0.407 e. The summed E-state index contributed by atoms with van der Waals surface area (Å²) in [4.78, 5) is 48.8. The molecule has 42 heavy (non-hydrogen) atoms. The first-order chi connectivity index (χ1) is 19.7. The van der Waals surface area contributed by atoms with Crippen LogP contribution in [-0.4, -0.2) is 80.8 Å². The molecule has 1 rings (SSSR count). The van der Waals surface area contributed by atoms with Gasteiger partial charge in [0.25, 0.3) is 5.91 Å². The largest absolute Gasteiger partial charge is 0.462 e. The van der Waals surface area contributed by atoms with Crippen LogP contribution in [-0.2, 0) is 38.1 Å². The molecule has 11 nitrogen and oxygen atoms in total. The molecule has 0 radical (unpaired) electrons. The van der Waals surface area contributed by atoms with Crippen LogP contribution in [0.3, 0.4) is 0 Å². The molecular weight excluding hydrogens is 544 g/mol. The molecule has 2 atom stereocenters. The minimum absolute atomic E-state index is 0.0106. The predicted octanol–water partition coefficient (Wildman–Crippen LogP) is 4.83. The van der Waals surface area contributed by atoms with Crippen molar-refractivity contribution < 1.29 is 42.9 Å². The number of amides is 2. The van der Waals surface area contributed by atoms with Gasteiger partial charge in [-0.3, -0.25) is 14.4 Å². The Kier molecular flexibility index (Phi) is 17.0. The monoisotopic (exact) mass is 600 g/mol. The highest BCUT2D eigenvalue weighted by molar-refractivity contribution is 5.85. The number of rotatable bonds is 20. The van der Waals surface area contributed by atoms with E-state index in [0.717, 1.165) is 25.7 Å². The van der Waals surface area contributed by atoms with Crippen LogP contribution in [0.5, 0.6) is 0 Å². The highest BCUT2D eigenvalue weighted by Gasteiger charge is 2.47. The summed E-state index contributed by atoms with van der Waals surface area (Å²) in [6, 6.07) is -0.294. The van der Waals surface area contributed by atoms with Gasteiger partial charge < -0.3 is 34.3 Å². The second-order valence-electron chi connectivity index (χ2n) is 12.5. The number of hydrogen-bond acceptors (Lipinski definition) is 9. The van der Waals surface area contributed by atoms with E-state index in [0.29, 0.717) is 45.5 Å². The lowest BCUT2D eigenvalue weighted by molar-refractivity contribution is -0.152. The Bertz CT molecular complexity index is 846. The van der Waals surface area contributed by atoms with Gasteiger partial charge in [-0.1, -0.05) is 40.5 Å². The molecule has 244 valence electrons. The van der Waals surface area contributed by atoms with Gasteiger partial charge in [-0.25, -0.2) is 4.79 Å². The van der Waals surface area contributed by atoms with E-state index in [1.807, 2.05) is 6.92 Å². The molecule has 11 heteroatoms. The normalized spacial score (nSPS) is 19.9. The van der Waals surface area contributed by atoms with E-state index in [-0.39, 0.29) is 62.0 Å². The van der Waals surface area contributed by atoms with Crippen molar-refractivity contribution in [2.24, 2.45) is 5.41 Å². The summed E-state index contributed by atoms with van der Waals surface area (Å²) < 4.78 is 26.7. The van der Waals surface area contributed by atoms with Crippen molar-refractivity contribution >= 4 is 23.9 Å². The van der Waals surface area contributed by atoms with Gasteiger partial charge in [0, 0.05) is 26.1 Å². The third-order valence-electron chi connectivity index (χ3n) is 7.45. The van der Waals surface area contributed by atoms with Gasteiger partial charge in [-0.05, 0) is 64.7 Å². The summed E-state index contributed by atoms with van der Waals surface area (Å²) in [5, 5.41) is 6.16. The lowest BCUT2D eigenvalue weighted by Crippen LogP contribution is -2.66. The standard InChI is InChI=1S/C31H56N2O9/c1-8-10-17-38-19-20-41-28(37)32-24-15-16-29(3,4)23-31(24,7)33-27(36)30(5,6)42-18-13-11-12-14-26(35)40-22-21-39-25(34)9-2/h24H,8-23H2,1-7H3,(H,32,37)(H,33,36). The van der Waals surface area contributed by atoms with Crippen LogP contribution in [0.1, 0.15) is 113 Å². The predicted molar refractivity (Wildman–Crippen MR) is 159 cm³/mol. The molecule has 0 spiro atoms. The SMILES string of the molecule is CCCCOCCOC(=O)NC1CCC(C)(C)CC1(C)NC(=O)C(C)(C)OCCCCCC(=O)OCCOC(=O)CC. The zero-order valence-electron chi connectivity index (χ0n) is 27.1. The summed E-state index contributed by atoms with van der Waals surface area (Å²) in [5.41, 5.74) is -1.78. The molecule has 1 aliphatic carbocycles. The van der Waals surface area contributed by atoms with Crippen LogP contribution in [0.2, 0.25) is 0 Å². The van der Waals surface area contributed by atoms with Gasteiger partial charge in [-0.2, -0.15) is 0 Å². The summed E-state index contributed by atoms with van der Waals surface area (Å²) in [7, 11) is 0. The van der Waals surface area contributed by atoms with Gasteiger partial charge in [0.1, 0.15) is 25.4 Å². The van der Waals surface area contributed by atoms with E-state index in [4.69, 9.17) is 23.7 Å². The van der Waals surface area contributed by atoms with E-state index in [1.54, 1.807) is 20.8 Å². The molecule has 0 aliphatic heterocycles. The molecule has 0 aromatic rings. The van der Waals surface area contributed by atoms with E-state index in [2.05, 4.69) is 31.4 Å². The molecular formula is C31H56N2O9. The average molecular weight is 601 g/mol. The summed E-state index contributed by atoms with van der Waals surface area (Å²) in [6.07, 6.45) is 6.41. The van der Waals surface area contributed by atoms with Crippen molar-refractivity contribution in [1.82, 2.24) is 10.6 Å². The Labute approximate surface area is 252 Å². The van der Waals surface area contributed by atoms with Gasteiger partial charge in [-0.15, -0.1) is 0 Å². The molecule has 2 N–H and O–H groups in total. The zero-order valence-corrected chi connectivity index (χ0v) is 27.1. The molecule has 1 aliphatic rings. The summed E-state index contributed by atoms with van der Waals surface area (Å²) in [6.45, 7) is 15.2. The van der Waals surface area contributed by atoms with Gasteiger partial charge >= 0.3 is 18.0 Å².